The Morgan fingerprint density at radius 3 is 2.67 bits per heavy atom. The topological polar surface area (TPSA) is 91.3 Å². The molecule has 0 fully saturated rings. The summed E-state index contributed by atoms with van der Waals surface area (Å²) in [6, 6.07) is 14.9. The molecule has 0 aliphatic rings. The number of nitrogens with one attached hydrogen (secondary N) is 1. The highest BCUT2D eigenvalue weighted by atomic mass is 16.5. The van der Waals surface area contributed by atoms with Crippen molar-refractivity contribution < 1.29 is 13.9 Å². The molecule has 2 aromatic carbocycles. The molecule has 30 heavy (non-hydrogen) atoms. The first-order valence-electron chi connectivity index (χ1n) is 10.1. The number of hydrogen-bond acceptors (Lipinski definition) is 5. The maximum atomic E-state index is 12.6. The van der Waals surface area contributed by atoms with Crippen molar-refractivity contribution in [2.45, 2.75) is 32.9 Å². The number of benzene rings is 2. The van der Waals surface area contributed by atoms with E-state index in [1.165, 1.54) is 4.57 Å². The number of fused-ring (bicyclic) bond motifs is 2. The van der Waals surface area contributed by atoms with Crippen LogP contribution in [0.15, 0.2) is 57.7 Å². The molecule has 0 atom stereocenters. The Balaban J connectivity index is 1.48. The zero-order chi connectivity index (χ0) is 20.9. The second-order valence-electron chi connectivity index (χ2n) is 6.91. The summed E-state index contributed by atoms with van der Waals surface area (Å²) in [5.74, 6) is -0.178. The van der Waals surface area contributed by atoms with Crippen LogP contribution in [0.1, 0.15) is 19.8 Å². The van der Waals surface area contributed by atoms with Crippen molar-refractivity contribution in [1.29, 1.82) is 0 Å². The summed E-state index contributed by atoms with van der Waals surface area (Å²) in [5, 5.41) is 2.90. The predicted octanol–water partition coefficient (Wildman–Crippen LogP) is 3.40. The lowest BCUT2D eigenvalue weighted by atomic mass is 10.3. The number of imidazole rings is 1. The van der Waals surface area contributed by atoms with Crippen molar-refractivity contribution in [3.05, 3.63) is 59.1 Å². The first kappa shape index (κ1) is 19.9. The zero-order valence-corrected chi connectivity index (χ0v) is 16.8. The van der Waals surface area contributed by atoms with Crippen molar-refractivity contribution >= 4 is 34.0 Å². The first-order chi connectivity index (χ1) is 14.7. The van der Waals surface area contributed by atoms with Crippen LogP contribution in [-0.2, 0) is 22.6 Å². The van der Waals surface area contributed by atoms with Gasteiger partial charge >= 0.3 is 5.76 Å². The quantitative estimate of drug-likeness (QED) is 0.429. The number of aromatic nitrogens is 3. The molecule has 0 aliphatic heterocycles. The highest BCUT2D eigenvalue weighted by molar-refractivity contribution is 5.91. The fraction of sp³-hybridized carbons (Fsp3) is 0.318. The van der Waals surface area contributed by atoms with Crippen molar-refractivity contribution in [3.63, 3.8) is 0 Å². The van der Waals surface area contributed by atoms with Crippen LogP contribution in [0.4, 0.5) is 5.95 Å². The Labute approximate surface area is 173 Å². The molecule has 1 amide bonds. The van der Waals surface area contributed by atoms with Gasteiger partial charge in [-0.3, -0.25) is 14.7 Å². The van der Waals surface area contributed by atoms with Crippen LogP contribution in [0.5, 0.6) is 0 Å². The van der Waals surface area contributed by atoms with Crippen molar-refractivity contribution in [2.24, 2.45) is 0 Å². The van der Waals surface area contributed by atoms with E-state index in [-0.39, 0.29) is 18.9 Å². The van der Waals surface area contributed by atoms with Gasteiger partial charge in [0.2, 0.25) is 11.9 Å². The summed E-state index contributed by atoms with van der Waals surface area (Å²) in [4.78, 5) is 29.3. The Bertz CT molecular complexity index is 1220. The molecular weight excluding hydrogens is 384 g/mol. The van der Waals surface area contributed by atoms with Gasteiger partial charge in [0.15, 0.2) is 5.58 Å². The maximum absolute atomic E-state index is 12.6. The summed E-state index contributed by atoms with van der Waals surface area (Å²) in [6.07, 6.45) is 0.944. The Hall–Kier alpha value is -3.39. The molecule has 0 unspecified atom stereocenters. The van der Waals surface area contributed by atoms with E-state index < -0.39 is 5.76 Å². The molecule has 8 heteroatoms. The molecular formula is C22H24N4O4. The van der Waals surface area contributed by atoms with Gasteiger partial charge in [0.25, 0.3) is 0 Å². The predicted molar refractivity (Wildman–Crippen MR) is 115 cm³/mol. The van der Waals surface area contributed by atoms with Crippen LogP contribution in [0, 0.1) is 0 Å². The summed E-state index contributed by atoms with van der Waals surface area (Å²) < 4.78 is 14.1. The van der Waals surface area contributed by atoms with Crippen LogP contribution >= 0.6 is 0 Å². The van der Waals surface area contributed by atoms with Gasteiger partial charge in [-0.05, 0) is 37.6 Å². The van der Waals surface area contributed by atoms with E-state index in [4.69, 9.17) is 9.15 Å². The highest BCUT2D eigenvalue weighted by Gasteiger charge is 2.15. The van der Waals surface area contributed by atoms with Crippen molar-refractivity contribution in [1.82, 2.24) is 14.1 Å². The lowest BCUT2D eigenvalue weighted by molar-refractivity contribution is -0.116. The minimum absolute atomic E-state index is 0.131. The molecule has 0 spiro atoms. The number of para-hydroxylation sites is 4. The van der Waals surface area contributed by atoms with E-state index in [0.717, 1.165) is 17.5 Å². The number of anilines is 1. The molecule has 1 N–H and O–H groups in total. The highest BCUT2D eigenvalue weighted by Crippen LogP contribution is 2.20. The van der Waals surface area contributed by atoms with E-state index in [1.54, 1.807) is 18.2 Å². The van der Waals surface area contributed by atoms with E-state index in [0.29, 0.717) is 36.8 Å². The molecule has 8 nitrogen and oxygen atoms in total. The third-order valence-corrected chi connectivity index (χ3v) is 4.92. The molecule has 2 aromatic heterocycles. The van der Waals surface area contributed by atoms with E-state index in [9.17, 15) is 9.59 Å². The average molecular weight is 408 g/mol. The zero-order valence-electron chi connectivity index (χ0n) is 16.8. The van der Waals surface area contributed by atoms with Gasteiger partial charge in [0.05, 0.1) is 16.6 Å². The van der Waals surface area contributed by atoms with Crippen LogP contribution in [0.3, 0.4) is 0 Å². The number of rotatable bonds is 9. The molecule has 156 valence electrons. The summed E-state index contributed by atoms with van der Waals surface area (Å²) >= 11 is 0. The van der Waals surface area contributed by atoms with E-state index in [1.807, 2.05) is 41.8 Å². The second kappa shape index (κ2) is 8.96. The Morgan fingerprint density at radius 2 is 1.83 bits per heavy atom. The number of nitrogens with zero attached hydrogens (tertiary/aromatic N) is 3. The lowest BCUT2D eigenvalue weighted by Gasteiger charge is -2.10. The molecule has 0 saturated heterocycles. The molecule has 0 aliphatic carbocycles. The van der Waals surface area contributed by atoms with E-state index >= 15 is 0 Å². The van der Waals surface area contributed by atoms with Crippen molar-refractivity contribution in [2.75, 3.05) is 18.5 Å². The number of carbonyl (C=O) groups excluding carboxylic acids is 1. The molecule has 0 bridgehead atoms. The lowest BCUT2D eigenvalue weighted by Crippen LogP contribution is -2.21. The van der Waals surface area contributed by atoms with E-state index in [2.05, 4.69) is 10.3 Å². The van der Waals surface area contributed by atoms with Gasteiger partial charge in [0, 0.05) is 32.7 Å². The minimum Gasteiger partial charge on any atom is -0.408 e. The fourth-order valence-electron chi connectivity index (χ4n) is 3.49. The molecule has 0 radical (unpaired) electrons. The smallest absolute Gasteiger partial charge is 0.408 e. The number of aryl methyl sites for hydroxylation is 2. The second-order valence-corrected chi connectivity index (χ2v) is 6.91. The van der Waals surface area contributed by atoms with Gasteiger partial charge in [0.1, 0.15) is 0 Å². The first-order valence-corrected chi connectivity index (χ1v) is 10.1. The Kier molecular flexibility index (Phi) is 5.94. The van der Waals surface area contributed by atoms with Crippen LogP contribution in [0.2, 0.25) is 0 Å². The number of ether oxygens (including phenoxy) is 1. The number of carbonyl (C=O) groups is 1. The number of amides is 1. The van der Waals surface area contributed by atoms with Gasteiger partial charge in [-0.15, -0.1) is 0 Å². The summed E-state index contributed by atoms with van der Waals surface area (Å²) in [7, 11) is 0. The molecule has 2 heterocycles. The largest absolute Gasteiger partial charge is 0.419 e. The molecule has 0 saturated carbocycles. The molecule has 4 rings (SSSR count). The third kappa shape index (κ3) is 4.13. The van der Waals surface area contributed by atoms with Crippen molar-refractivity contribution in [3.8, 4) is 0 Å². The average Bonchev–Trinajstić information content (AvgIpc) is 3.26. The van der Waals surface area contributed by atoms with Gasteiger partial charge in [-0.2, -0.15) is 0 Å². The SMILES string of the molecule is CCOCCCn1c(NC(=O)CCn2c(=O)oc3ccccc32)nc2ccccc21. The normalized spacial score (nSPS) is 11.4. The maximum Gasteiger partial charge on any atom is 0.419 e. The van der Waals surface area contributed by atoms with Gasteiger partial charge in [-0.25, -0.2) is 9.78 Å². The summed E-state index contributed by atoms with van der Waals surface area (Å²) in [6.45, 7) is 4.20. The monoisotopic (exact) mass is 408 g/mol. The van der Waals surface area contributed by atoms with Gasteiger partial charge in [-0.1, -0.05) is 24.3 Å². The fourth-order valence-corrected chi connectivity index (χ4v) is 3.49. The Morgan fingerprint density at radius 1 is 1.07 bits per heavy atom. The number of oxazole rings is 1. The molecule has 4 aromatic rings. The standard InChI is InChI=1S/C22H24N4O4/c1-2-29-15-7-13-25-17-9-4-3-8-16(17)23-21(25)24-20(27)12-14-26-18-10-5-6-11-19(18)30-22(26)28/h3-6,8-11H,2,7,12-15H2,1H3,(H,23,24,27). The minimum atomic E-state index is -0.466. The van der Waals surface area contributed by atoms with Gasteiger partial charge < -0.3 is 13.7 Å². The summed E-state index contributed by atoms with van der Waals surface area (Å²) in [5.41, 5.74) is 2.97. The number of hydrogen-bond donors (Lipinski definition) is 1. The van der Waals surface area contributed by atoms with Crippen LogP contribution in [-0.4, -0.2) is 33.2 Å². The van der Waals surface area contributed by atoms with Crippen LogP contribution < -0.4 is 11.1 Å². The third-order valence-electron chi connectivity index (χ3n) is 4.92. The van der Waals surface area contributed by atoms with Crippen LogP contribution in [0.25, 0.3) is 22.1 Å².